The Labute approximate surface area is 322 Å². The lowest BCUT2D eigenvalue weighted by Crippen LogP contribution is -2.16. The summed E-state index contributed by atoms with van der Waals surface area (Å²) in [4.78, 5) is 0. The molecule has 8 aromatic carbocycles. The van der Waals surface area contributed by atoms with Crippen molar-refractivity contribution in [1.29, 1.82) is 0 Å². The zero-order valence-electron chi connectivity index (χ0n) is 31.8. The monoisotopic (exact) mass is 706 g/mol. The van der Waals surface area contributed by atoms with Gasteiger partial charge in [-0.15, -0.1) is 0 Å². The molecule has 0 saturated heterocycles. The maximum atomic E-state index is 7.13. The van der Waals surface area contributed by atoms with Gasteiger partial charge in [0.15, 0.2) is 0 Å². The van der Waals surface area contributed by atoms with Crippen LogP contribution in [0.1, 0.15) is 72.6 Å². The van der Waals surface area contributed by atoms with Crippen molar-refractivity contribution in [2.24, 2.45) is 0 Å². The molecule has 0 amide bonds. The minimum atomic E-state index is -0.0893. The fourth-order valence-corrected chi connectivity index (χ4v) is 10.3. The predicted octanol–water partition coefficient (Wildman–Crippen LogP) is 14.4. The molecule has 1 heteroatoms. The van der Waals surface area contributed by atoms with E-state index in [1.165, 1.54) is 93.9 Å². The highest BCUT2D eigenvalue weighted by Gasteiger charge is 2.37. The zero-order valence-corrected chi connectivity index (χ0v) is 31.8. The van der Waals surface area contributed by atoms with Crippen LogP contribution in [0.3, 0.4) is 0 Å². The lowest BCUT2D eigenvalue weighted by molar-refractivity contribution is 0.648. The van der Waals surface area contributed by atoms with E-state index >= 15 is 0 Å². The first-order valence-electron chi connectivity index (χ1n) is 19.7. The van der Waals surface area contributed by atoms with Gasteiger partial charge in [-0.2, -0.15) is 0 Å². The van der Waals surface area contributed by atoms with Crippen molar-refractivity contribution in [2.45, 2.75) is 50.9 Å². The lowest BCUT2D eigenvalue weighted by Gasteiger charge is -2.25. The molecule has 1 atom stereocenters. The first-order chi connectivity index (χ1) is 26.8. The Morgan fingerprint density at radius 1 is 0.455 bits per heavy atom. The average molecular weight is 707 g/mol. The summed E-state index contributed by atoms with van der Waals surface area (Å²) in [5.41, 5.74) is 19.1. The molecule has 0 saturated carbocycles. The molecule has 0 N–H and O–H groups in total. The molecule has 0 aliphatic heterocycles. The fraction of sp³-hybridized carbons (Fsp3) is 0.148. The van der Waals surface area contributed by atoms with Gasteiger partial charge in [0, 0.05) is 33.1 Å². The molecule has 1 aromatic heterocycles. The zero-order chi connectivity index (χ0) is 37.1. The van der Waals surface area contributed by atoms with Crippen LogP contribution in [-0.4, -0.2) is 0 Å². The molecule has 0 radical (unpaired) electrons. The minimum Gasteiger partial charge on any atom is -0.456 e. The maximum absolute atomic E-state index is 7.13. The molecular weight excluding hydrogens is 665 g/mol. The third kappa shape index (κ3) is 4.66. The van der Waals surface area contributed by atoms with Gasteiger partial charge in [-0.25, -0.2) is 0 Å². The Hall–Kier alpha value is -6.18. The molecule has 55 heavy (non-hydrogen) atoms. The minimum absolute atomic E-state index is 0.0585. The largest absolute Gasteiger partial charge is 0.456 e. The van der Waals surface area contributed by atoms with E-state index in [0.717, 1.165) is 17.6 Å². The van der Waals surface area contributed by atoms with Crippen LogP contribution >= 0.6 is 0 Å². The Balaban J connectivity index is 1.13. The summed E-state index contributed by atoms with van der Waals surface area (Å²) in [6, 6.07) is 61.0. The Kier molecular flexibility index (Phi) is 6.84. The predicted molar refractivity (Wildman–Crippen MR) is 230 cm³/mol. The smallest absolute Gasteiger partial charge is 0.139 e. The number of hydrogen-bond donors (Lipinski definition) is 0. The van der Waals surface area contributed by atoms with Crippen LogP contribution in [-0.2, 0) is 17.3 Å². The second-order valence-electron chi connectivity index (χ2n) is 16.8. The van der Waals surface area contributed by atoms with E-state index < -0.39 is 0 Å². The van der Waals surface area contributed by atoms with E-state index in [1.807, 2.05) is 0 Å². The number of furan rings is 1. The molecule has 0 bridgehead atoms. The molecule has 9 aromatic rings. The standard InChI is InChI=1S/C54H42O/c1-53(2)46-23-12-10-18-37(46)39-27-25-33(30-48(39)53)29-44(35-26-28-40-38-19-11-13-24-47(38)54(3,4)49(40)31-35)42-21-14-22-43-51-41-20-9-8-17-36(41)45(32-50(51)55-52(42)43)34-15-6-5-7-16-34/h5-28,30-32,44H,29H2,1-4H3. The van der Waals surface area contributed by atoms with E-state index in [4.69, 9.17) is 4.42 Å². The highest BCUT2D eigenvalue weighted by Crippen LogP contribution is 2.52. The van der Waals surface area contributed by atoms with Crippen molar-refractivity contribution in [1.82, 2.24) is 0 Å². The summed E-state index contributed by atoms with van der Waals surface area (Å²) < 4.78 is 7.13. The molecule has 1 heterocycles. The third-order valence-electron chi connectivity index (χ3n) is 13.1. The first-order valence-corrected chi connectivity index (χ1v) is 19.7. The van der Waals surface area contributed by atoms with Gasteiger partial charge in [0.2, 0.25) is 0 Å². The molecule has 11 rings (SSSR count). The Morgan fingerprint density at radius 3 is 1.76 bits per heavy atom. The van der Waals surface area contributed by atoms with E-state index in [2.05, 4.69) is 191 Å². The van der Waals surface area contributed by atoms with Crippen LogP contribution < -0.4 is 0 Å². The van der Waals surface area contributed by atoms with Crippen LogP contribution in [0, 0.1) is 0 Å². The maximum Gasteiger partial charge on any atom is 0.139 e. The summed E-state index contributed by atoms with van der Waals surface area (Å²) in [6.45, 7) is 9.52. The van der Waals surface area contributed by atoms with Crippen LogP contribution in [0.5, 0.6) is 0 Å². The van der Waals surface area contributed by atoms with Crippen molar-refractivity contribution in [3.05, 3.63) is 203 Å². The van der Waals surface area contributed by atoms with Gasteiger partial charge >= 0.3 is 0 Å². The SMILES string of the molecule is CC1(C)c2ccccc2-c2ccc(CC(c3ccc4c(c3)C(C)(C)c3ccccc3-4)c3cccc4c3oc3cc(-c5ccccc5)c5ccccc5c34)cc21. The van der Waals surface area contributed by atoms with Crippen molar-refractivity contribution >= 4 is 32.7 Å². The van der Waals surface area contributed by atoms with Crippen LogP contribution in [0.15, 0.2) is 168 Å². The fourth-order valence-electron chi connectivity index (χ4n) is 10.3. The van der Waals surface area contributed by atoms with Gasteiger partial charge in [0.25, 0.3) is 0 Å². The summed E-state index contributed by atoms with van der Waals surface area (Å²) in [6.07, 6.45) is 0.859. The third-order valence-corrected chi connectivity index (χ3v) is 13.1. The van der Waals surface area contributed by atoms with Crippen molar-refractivity contribution in [3.8, 4) is 33.4 Å². The highest BCUT2D eigenvalue weighted by atomic mass is 16.3. The van der Waals surface area contributed by atoms with Crippen LogP contribution in [0.4, 0.5) is 0 Å². The quantitative estimate of drug-likeness (QED) is 0.174. The van der Waals surface area contributed by atoms with E-state index in [9.17, 15) is 0 Å². The van der Waals surface area contributed by atoms with Crippen molar-refractivity contribution in [3.63, 3.8) is 0 Å². The van der Waals surface area contributed by atoms with Crippen molar-refractivity contribution < 1.29 is 4.42 Å². The average Bonchev–Trinajstić information content (AvgIpc) is 3.80. The number of fused-ring (bicyclic) bond motifs is 11. The molecule has 2 aliphatic carbocycles. The molecule has 0 fully saturated rings. The number of rotatable bonds is 5. The van der Waals surface area contributed by atoms with Gasteiger partial charge in [-0.1, -0.05) is 185 Å². The summed E-state index contributed by atoms with van der Waals surface area (Å²) in [7, 11) is 0. The van der Waals surface area contributed by atoms with E-state index in [0.29, 0.717) is 0 Å². The summed E-state index contributed by atoms with van der Waals surface area (Å²) in [5, 5.41) is 4.83. The van der Waals surface area contributed by atoms with Gasteiger partial charge in [-0.05, 0) is 90.0 Å². The second kappa shape index (κ2) is 11.7. The summed E-state index contributed by atoms with van der Waals surface area (Å²) in [5.74, 6) is 0.0684. The topological polar surface area (TPSA) is 13.1 Å². The van der Waals surface area contributed by atoms with Crippen LogP contribution in [0.2, 0.25) is 0 Å². The molecule has 1 unspecified atom stereocenters. The lowest BCUT2D eigenvalue weighted by atomic mass is 9.78. The first kappa shape index (κ1) is 32.3. The molecule has 1 nitrogen and oxygen atoms in total. The number of benzene rings is 8. The van der Waals surface area contributed by atoms with Gasteiger partial charge in [-0.3, -0.25) is 0 Å². The second-order valence-corrected chi connectivity index (χ2v) is 16.8. The van der Waals surface area contributed by atoms with Crippen LogP contribution in [0.25, 0.3) is 66.1 Å². The Bertz CT molecular complexity index is 3010. The van der Waals surface area contributed by atoms with Gasteiger partial charge in [0.05, 0.1) is 0 Å². The number of para-hydroxylation sites is 1. The molecular formula is C54H42O. The molecule has 264 valence electrons. The summed E-state index contributed by atoms with van der Waals surface area (Å²) >= 11 is 0. The normalized spacial score (nSPS) is 15.2. The molecule has 2 aliphatic rings. The van der Waals surface area contributed by atoms with Crippen molar-refractivity contribution in [2.75, 3.05) is 0 Å². The highest BCUT2D eigenvalue weighted by molar-refractivity contribution is 6.22. The van der Waals surface area contributed by atoms with Gasteiger partial charge in [0.1, 0.15) is 11.2 Å². The molecule has 0 spiro atoms. The van der Waals surface area contributed by atoms with Gasteiger partial charge < -0.3 is 4.42 Å². The van der Waals surface area contributed by atoms with E-state index in [-0.39, 0.29) is 16.7 Å². The number of hydrogen-bond acceptors (Lipinski definition) is 1. The van der Waals surface area contributed by atoms with E-state index in [1.54, 1.807) is 0 Å². The Morgan fingerprint density at radius 2 is 1.04 bits per heavy atom.